The molecule has 1 aromatic carbocycles. The first-order chi connectivity index (χ1) is 8.88. The number of nitrogens with zero attached hydrogens (tertiary/aromatic N) is 2. The molecule has 0 saturated heterocycles. The molecule has 0 unspecified atom stereocenters. The van der Waals surface area contributed by atoms with Crippen LogP contribution in [-0.4, -0.2) is 9.78 Å². The van der Waals surface area contributed by atoms with Crippen molar-refractivity contribution in [1.82, 2.24) is 9.78 Å². The standard InChI is InChI=1S/C15H20BrN3/c1-5-15(2,3)13-12(14(17)19(4)18-13)10-8-6-7-9-11(10)16/h6-9H,5,17H2,1-4H3. The van der Waals surface area contributed by atoms with Gasteiger partial charge in [0, 0.05) is 28.1 Å². The summed E-state index contributed by atoms with van der Waals surface area (Å²) in [6.07, 6.45) is 1.01. The average molecular weight is 322 g/mol. The Morgan fingerprint density at radius 2 is 1.95 bits per heavy atom. The van der Waals surface area contributed by atoms with Gasteiger partial charge in [0.25, 0.3) is 0 Å². The fraction of sp³-hybridized carbons (Fsp3) is 0.400. The van der Waals surface area contributed by atoms with Crippen molar-refractivity contribution in [2.24, 2.45) is 7.05 Å². The Kier molecular flexibility index (Phi) is 3.72. The normalized spacial score (nSPS) is 11.8. The summed E-state index contributed by atoms with van der Waals surface area (Å²) in [7, 11) is 1.89. The minimum Gasteiger partial charge on any atom is -0.383 e. The summed E-state index contributed by atoms with van der Waals surface area (Å²) in [5.41, 5.74) is 9.44. The Hall–Kier alpha value is -1.29. The molecular weight excluding hydrogens is 302 g/mol. The van der Waals surface area contributed by atoms with Crippen LogP contribution in [0.25, 0.3) is 11.1 Å². The third-order valence-corrected chi connectivity index (χ3v) is 4.45. The number of halogens is 1. The second-order valence-electron chi connectivity index (χ2n) is 5.45. The van der Waals surface area contributed by atoms with Gasteiger partial charge in [-0.25, -0.2) is 0 Å². The fourth-order valence-corrected chi connectivity index (χ4v) is 2.59. The predicted molar refractivity (Wildman–Crippen MR) is 84.1 cm³/mol. The maximum absolute atomic E-state index is 6.24. The molecule has 2 N–H and O–H groups in total. The fourth-order valence-electron chi connectivity index (χ4n) is 2.11. The van der Waals surface area contributed by atoms with Crippen LogP contribution in [0.2, 0.25) is 0 Å². The molecule has 0 saturated carbocycles. The van der Waals surface area contributed by atoms with Crippen molar-refractivity contribution in [1.29, 1.82) is 0 Å². The van der Waals surface area contributed by atoms with E-state index in [0.29, 0.717) is 5.82 Å². The van der Waals surface area contributed by atoms with E-state index in [1.54, 1.807) is 4.68 Å². The SMILES string of the molecule is CCC(C)(C)c1nn(C)c(N)c1-c1ccccc1Br. The third-order valence-electron chi connectivity index (χ3n) is 3.76. The van der Waals surface area contributed by atoms with Crippen LogP contribution in [0.5, 0.6) is 0 Å². The molecule has 1 heterocycles. The smallest absolute Gasteiger partial charge is 0.129 e. The first-order valence-electron chi connectivity index (χ1n) is 6.46. The lowest BCUT2D eigenvalue weighted by molar-refractivity contribution is 0.483. The summed E-state index contributed by atoms with van der Waals surface area (Å²) in [4.78, 5) is 0. The maximum atomic E-state index is 6.24. The van der Waals surface area contributed by atoms with Gasteiger partial charge in [-0.05, 0) is 12.5 Å². The van der Waals surface area contributed by atoms with Crippen LogP contribution in [-0.2, 0) is 12.5 Å². The zero-order chi connectivity index (χ0) is 14.2. The maximum Gasteiger partial charge on any atom is 0.129 e. The van der Waals surface area contributed by atoms with E-state index in [4.69, 9.17) is 5.73 Å². The Balaban J connectivity index is 2.73. The van der Waals surface area contributed by atoms with Crippen LogP contribution in [0.4, 0.5) is 5.82 Å². The number of nitrogen functional groups attached to an aromatic ring is 1. The minimum atomic E-state index is -0.00000520. The Labute approximate surface area is 122 Å². The number of nitrogens with two attached hydrogens (primary N) is 1. The van der Waals surface area contributed by atoms with Gasteiger partial charge in [0.15, 0.2) is 0 Å². The van der Waals surface area contributed by atoms with E-state index in [1.165, 1.54) is 0 Å². The summed E-state index contributed by atoms with van der Waals surface area (Å²) in [6.45, 7) is 6.58. The molecule has 0 fully saturated rings. The Morgan fingerprint density at radius 3 is 2.53 bits per heavy atom. The summed E-state index contributed by atoms with van der Waals surface area (Å²) in [5.74, 6) is 0.712. The second kappa shape index (κ2) is 5.00. The predicted octanol–water partition coefficient (Wildman–Crippen LogP) is 4.12. The monoisotopic (exact) mass is 321 g/mol. The Bertz CT molecular complexity index is 599. The molecule has 0 aliphatic rings. The van der Waals surface area contributed by atoms with Crippen molar-refractivity contribution in [2.75, 3.05) is 5.73 Å². The number of rotatable bonds is 3. The van der Waals surface area contributed by atoms with Gasteiger partial charge in [-0.3, -0.25) is 4.68 Å². The first-order valence-corrected chi connectivity index (χ1v) is 7.25. The van der Waals surface area contributed by atoms with Gasteiger partial charge in [-0.2, -0.15) is 5.10 Å². The van der Waals surface area contributed by atoms with E-state index in [2.05, 4.69) is 47.9 Å². The van der Waals surface area contributed by atoms with E-state index in [0.717, 1.165) is 27.7 Å². The molecule has 0 radical (unpaired) electrons. The molecule has 0 spiro atoms. The summed E-state index contributed by atoms with van der Waals surface area (Å²) < 4.78 is 2.81. The molecule has 0 atom stereocenters. The van der Waals surface area contributed by atoms with E-state index in [1.807, 2.05) is 25.2 Å². The van der Waals surface area contributed by atoms with Crippen molar-refractivity contribution in [3.63, 3.8) is 0 Å². The molecular formula is C15H20BrN3. The zero-order valence-corrected chi connectivity index (χ0v) is 13.5. The van der Waals surface area contributed by atoms with Crippen molar-refractivity contribution in [3.05, 3.63) is 34.4 Å². The molecule has 19 heavy (non-hydrogen) atoms. The molecule has 1 aromatic heterocycles. The Morgan fingerprint density at radius 1 is 1.32 bits per heavy atom. The summed E-state index contributed by atoms with van der Waals surface area (Å²) in [6, 6.07) is 8.14. The van der Waals surface area contributed by atoms with Crippen LogP contribution in [0.3, 0.4) is 0 Å². The molecule has 0 aliphatic heterocycles. The highest BCUT2D eigenvalue weighted by Gasteiger charge is 2.29. The van der Waals surface area contributed by atoms with Crippen LogP contribution in [0.15, 0.2) is 28.7 Å². The van der Waals surface area contributed by atoms with Crippen molar-refractivity contribution >= 4 is 21.7 Å². The van der Waals surface area contributed by atoms with Crippen molar-refractivity contribution < 1.29 is 0 Å². The highest BCUT2D eigenvalue weighted by atomic mass is 79.9. The van der Waals surface area contributed by atoms with E-state index in [-0.39, 0.29) is 5.41 Å². The van der Waals surface area contributed by atoms with Gasteiger partial charge in [0.2, 0.25) is 0 Å². The minimum absolute atomic E-state index is 0.00000520. The first kappa shape index (κ1) is 14.1. The van der Waals surface area contributed by atoms with E-state index in [9.17, 15) is 0 Å². The second-order valence-corrected chi connectivity index (χ2v) is 6.30. The van der Waals surface area contributed by atoms with Gasteiger partial charge in [0.05, 0.1) is 5.69 Å². The molecule has 0 bridgehead atoms. The van der Waals surface area contributed by atoms with Crippen LogP contribution < -0.4 is 5.73 Å². The highest BCUT2D eigenvalue weighted by molar-refractivity contribution is 9.10. The van der Waals surface area contributed by atoms with Gasteiger partial charge in [0.1, 0.15) is 5.82 Å². The van der Waals surface area contributed by atoms with E-state index >= 15 is 0 Å². The van der Waals surface area contributed by atoms with Crippen LogP contribution >= 0.6 is 15.9 Å². The van der Waals surface area contributed by atoms with Crippen molar-refractivity contribution in [2.45, 2.75) is 32.6 Å². The summed E-state index contributed by atoms with van der Waals surface area (Å²) in [5, 5.41) is 4.64. The zero-order valence-electron chi connectivity index (χ0n) is 11.9. The largest absolute Gasteiger partial charge is 0.383 e. The van der Waals surface area contributed by atoms with E-state index < -0.39 is 0 Å². The van der Waals surface area contributed by atoms with Gasteiger partial charge in [-0.1, -0.05) is 54.9 Å². The van der Waals surface area contributed by atoms with Crippen LogP contribution in [0.1, 0.15) is 32.9 Å². The third kappa shape index (κ3) is 2.41. The molecule has 102 valence electrons. The number of anilines is 1. The summed E-state index contributed by atoms with van der Waals surface area (Å²) >= 11 is 3.61. The van der Waals surface area contributed by atoms with Crippen molar-refractivity contribution in [3.8, 4) is 11.1 Å². The number of hydrogen-bond acceptors (Lipinski definition) is 2. The number of benzene rings is 1. The number of hydrogen-bond donors (Lipinski definition) is 1. The quantitative estimate of drug-likeness (QED) is 0.924. The molecule has 2 rings (SSSR count). The molecule has 0 aliphatic carbocycles. The highest BCUT2D eigenvalue weighted by Crippen LogP contribution is 2.40. The molecule has 0 amide bonds. The number of aryl methyl sites for hydroxylation is 1. The van der Waals surface area contributed by atoms with Gasteiger partial charge in [-0.15, -0.1) is 0 Å². The number of aromatic nitrogens is 2. The molecule has 4 heteroatoms. The van der Waals surface area contributed by atoms with Crippen LogP contribution in [0, 0.1) is 0 Å². The lowest BCUT2D eigenvalue weighted by Gasteiger charge is -2.22. The molecule has 3 nitrogen and oxygen atoms in total. The lowest BCUT2D eigenvalue weighted by atomic mass is 9.83. The van der Waals surface area contributed by atoms with Gasteiger partial charge < -0.3 is 5.73 Å². The molecule has 2 aromatic rings. The van der Waals surface area contributed by atoms with Gasteiger partial charge >= 0.3 is 0 Å². The average Bonchev–Trinajstić information content (AvgIpc) is 2.68. The topological polar surface area (TPSA) is 43.8 Å². The lowest BCUT2D eigenvalue weighted by Crippen LogP contribution is -2.17.